The zero-order chi connectivity index (χ0) is 13.9. The van der Waals surface area contributed by atoms with E-state index in [1.807, 2.05) is 33.0 Å². The number of hydrogen-bond acceptors (Lipinski definition) is 3. The first-order valence-electron chi connectivity index (χ1n) is 7.12. The minimum atomic E-state index is -0.192. The molecule has 1 heterocycles. The lowest BCUT2D eigenvalue weighted by molar-refractivity contribution is -0.0804. The van der Waals surface area contributed by atoms with Crippen LogP contribution in [-0.4, -0.2) is 25.8 Å². The predicted octanol–water partition coefficient (Wildman–Crippen LogP) is 3.09. The van der Waals surface area contributed by atoms with Crippen molar-refractivity contribution in [2.24, 2.45) is 0 Å². The zero-order valence-corrected chi connectivity index (χ0v) is 12.4. The second kappa shape index (κ2) is 5.93. The van der Waals surface area contributed by atoms with Crippen LogP contribution >= 0.6 is 0 Å². The van der Waals surface area contributed by atoms with E-state index in [2.05, 4.69) is 24.4 Å². The van der Waals surface area contributed by atoms with Gasteiger partial charge in [-0.15, -0.1) is 0 Å². The second-order valence-corrected chi connectivity index (χ2v) is 5.75. The largest absolute Gasteiger partial charge is 0.491 e. The minimum absolute atomic E-state index is 0.192. The molecule has 1 N–H and O–H groups in total. The third-order valence-electron chi connectivity index (χ3n) is 3.77. The maximum absolute atomic E-state index is 6.02. The van der Waals surface area contributed by atoms with Crippen LogP contribution in [0, 0.1) is 0 Å². The maximum atomic E-state index is 6.02. The highest BCUT2D eigenvalue weighted by molar-refractivity contribution is 5.31. The van der Waals surface area contributed by atoms with Crippen molar-refractivity contribution in [2.45, 2.75) is 51.4 Å². The molecule has 1 saturated heterocycles. The van der Waals surface area contributed by atoms with Crippen molar-refractivity contribution in [1.29, 1.82) is 0 Å². The topological polar surface area (TPSA) is 30.5 Å². The number of benzene rings is 1. The van der Waals surface area contributed by atoms with Crippen LogP contribution in [0.3, 0.4) is 0 Å². The monoisotopic (exact) mass is 263 g/mol. The zero-order valence-electron chi connectivity index (χ0n) is 12.4. The highest BCUT2D eigenvalue weighted by Gasteiger charge is 2.34. The van der Waals surface area contributed by atoms with E-state index < -0.39 is 0 Å². The van der Waals surface area contributed by atoms with E-state index in [0.29, 0.717) is 6.04 Å². The van der Waals surface area contributed by atoms with Gasteiger partial charge in [-0.25, -0.2) is 0 Å². The summed E-state index contributed by atoms with van der Waals surface area (Å²) in [4.78, 5) is 0. The van der Waals surface area contributed by atoms with Crippen LogP contribution < -0.4 is 10.1 Å². The fourth-order valence-corrected chi connectivity index (χ4v) is 2.66. The summed E-state index contributed by atoms with van der Waals surface area (Å²) in [5.74, 6) is 0.920. The fourth-order valence-electron chi connectivity index (χ4n) is 2.66. The summed E-state index contributed by atoms with van der Waals surface area (Å²) < 4.78 is 11.7. The molecule has 2 rings (SSSR count). The molecule has 2 unspecified atom stereocenters. The van der Waals surface area contributed by atoms with E-state index in [1.165, 1.54) is 5.56 Å². The Hall–Kier alpha value is -1.06. The second-order valence-electron chi connectivity index (χ2n) is 5.75. The summed E-state index contributed by atoms with van der Waals surface area (Å²) in [6.45, 7) is 7.06. The van der Waals surface area contributed by atoms with Crippen LogP contribution in [0.25, 0.3) is 0 Å². The lowest BCUT2D eigenvalue weighted by Crippen LogP contribution is -2.42. The molecule has 0 aliphatic carbocycles. The fraction of sp³-hybridized carbons (Fsp3) is 0.625. The lowest BCUT2D eigenvalue weighted by atomic mass is 9.86. The van der Waals surface area contributed by atoms with Gasteiger partial charge in [0, 0.05) is 12.6 Å². The molecule has 3 nitrogen and oxygen atoms in total. The minimum Gasteiger partial charge on any atom is -0.491 e. The van der Waals surface area contributed by atoms with Crippen molar-refractivity contribution >= 4 is 0 Å². The molecule has 0 amide bonds. The molecule has 0 bridgehead atoms. The Balaban J connectivity index is 2.12. The molecule has 19 heavy (non-hydrogen) atoms. The molecule has 1 aliphatic heterocycles. The average Bonchev–Trinajstić information content (AvgIpc) is 2.38. The third kappa shape index (κ3) is 3.48. The molecule has 106 valence electrons. The van der Waals surface area contributed by atoms with Crippen molar-refractivity contribution in [3.63, 3.8) is 0 Å². The Kier molecular flexibility index (Phi) is 4.48. The number of hydrogen-bond donors (Lipinski definition) is 1. The van der Waals surface area contributed by atoms with Crippen LogP contribution in [0.5, 0.6) is 5.75 Å². The van der Waals surface area contributed by atoms with Gasteiger partial charge < -0.3 is 14.8 Å². The van der Waals surface area contributed by atoms with Gasteiger partial charge >= 0.3 is 0 Å². The molecule has 0 aromatic heterocycles. The number of rotatable bonds is 4. The Morgan fingerprint density at radius 1 is 1.32 bits per heavy atom. The van der Waals surface area contributed by atoms with E-state index in [-0.39, 0.29) is 11.7 Å². The van der Waals surface area contributed by atoms with Gasteiger partial charge in [-0.05, 0) is 58.4 Å². The first kappa shape index (κ1) is 14.4. The maximum Gasteiger partial charge on any atom is 0.119 e. The Morgan fingerprint density at radius 2 is 2.00 bits per heavy atom. The van der Waals surface area contributed by atoms with Crippen molar-refractivity contribution in [3.05, 3.63) is 29.8 Å². The van der Waals surface area contributed by atoms with Gasteiger partial charge in [0.25, 0.3) is 0 Å². The van der Waals surface area contributed by atoms with Gasteiger partial charge in [0.1, 0.15) is 5.75 Å². The molecule has 1 fully saturated rings. The molecular weight excluding hydrogens is 238 g/mol. The molecule has 1 aromatic rings. The summed E-state index contributed by atoms with van der Waals surface area (Å²) in [6, 6.07) is 8.84. The van der Waals surface area contributed by atoms with Gasteiger partial charge in [0.2, 0.25) is 0 Å². The molecule has 3 heteroatoms. The van der Waals surface area contributed by atoms with Crippen LogP contribution in [0.4, 0.5) is 0 Å². The standard InChI is InChI=1S/C16H25NO2/c1-12(2)19-15-7-5-13(6-8-15)16(3)11-14(17-4)9-10-18-16/h5-8,12,14,17H,9-11H2,1-4H3. The van der Waals surface area contributed by atoms with Crippen molar-refractivity contribution in [1.82, 2.24) is 5.32 Å². The van der Waals surface area contributed by atoms with Crippen LogP contribution in [0.1, 0.15) is 39.2 Å². The Labute approximate surface area is 116 Å². The van der Waals surface area contributed by atoms with Crippen molar-refractivity contribution in [3.8, 4) is 5.75 Å². The highest BCUT2D eigenvalue weighted by atomic mass is 16.5. The third-order valence-corrected chi connectivity index (χ3v) is 3.77. The first-order chi connectivity index (χ1) is 9.03. The number of nitrogens with one attached hydrogen (secondary N) is 1. The van der Waals surface area contributed by atoms with Crippen molar-refractivity contribution < 1.29 is 9.47 Å². The molecular formula is C16H25NO2. The molecule has 0 radical (unpaired) electrons. The van der Waals surface area contributed by atoms with Gasteiger partial charge in [-0.3, -0.25) is 0 Å². The highest BCUT2D eigenvalue weighted by Crippen LogP contribution is 2.35. The quantitative estimate of drug-likeness (QED) is 0.905. The summed E-state index contributed by atoms with van der Waals surface area (Å²) in [5, 5.41) is 3.36. The molecule has 1 aliphatic rings. The lowest BCUT2D eigenvalue weighted by Gasteiger charge is -2.38. The van der Waals surface area contributed by atoms with E-state index in [9.17, 15) is 0 Å². The molecule has 0 spiro atoms. The van der Waals surface area contributed by atoms with Gasteiger partial charge in [0.05, 0.1) is 11.7 Å². The Morgan fingerprint density at radius 3 is 2.58 bits per heavy atom. The van der Waals surface area contributed by atoms with E-state index in [1.54, 1.807) is 0 Å². The first-order valence-corrected chi connectivity index (χ1v) is 7.12. The van der Waals surface area contributed by atoms with Crippen LogP contribution in [0.15, 0.2) is 24.3 Å². The predicted molar refractivity (Wildman–Crippen MR) is 77.6 cm³/mol. The average molecular weight is 263 g/mol. The van der Waals surface area contributed by atoms with Gasteiger partial charge in [-0.1, -0.05) is 12.1 Å². The molecule has 1 aromatic carbocycles. The van der Waals surface area contributed by atoms with Crippen molar-refractivity contribution in [2.75, 3.05) is 13.7 Å². The summed E-state index contributed by atoms with van der Waals surface area (Å²) in [6.07, 6.45) is 2.30. The molecule has 0 saturated carbocycles. The normalized spacial score (nSPS) is 27.5. The van der Waals surface area contributed by atoms with E-state index >= 15 is 0 Å². The van der Waals surface area contributed by atoms with Crippen LogP contribution in [-0.2, 0) is 10.3 Å². The summed E-state index contributed by atoms with van der Waals surface area (Å²) >= 11 is 0. The SMILES string of the molecule is CNC1CCOC(C)(c2ccc(OC(C)C)cc2)C1. The Bertz CT molecular complexity index is 402. The van der Waals surface area contributed by atoms with E-state index in [4.69, 9.17) is 9.47 Å². The molecule has 2 atom stereocenters. The van der Waals surface area contributed by atoms with Gasteiger partial charge in [0.15, 0.2) is 0 Å². The van der Waals surface area contributed by atoms with Gasteiger partial charge in [-0.2, -0.15) is 0 Å². The van der Waals surface area contributed by atoms with E-state index in [0.717, 1.165) is 25.2 Å². The number of ether oxygens (including phenoxy) is 2. The summed E-state index contributed by atoms with van der Waals surface area (Å²) in [5.41, 5.74) is 1.03. The smallest absolute Gasteiger partial charge is 0.119 e. The summed E-state index contributed by atoms with van der Waals surface area (Å²) in [7, 11) is 2.02. The van der Waals surface area contributed by atoms with Crippen LogP contribution in [0.2, 0.25) is 0 Å².